The van der Waals surface area contributed by atoms with Gasteiger partial charge in [0.05, 0.1) is 18.3 Å². The largest absolute Gasteiger partial charge is 0.368 e. The van der Waals surface area contributed by atoms with Crippen LogP contribution >= 0.6 is 0 Å². The van der Waals surface area contributed by atoms with Gasteiger partial charge in [-0.3, -0.25) is 9.59 Å². The number of hydrogen-bond donors (Lipinski definition) is 2. The molecule has 1 saturated carbocycles. The van der Waals surface area contributed by atoms with Crippen LogP contribution in [0.2, 0.25) is 0 Å². The number of nitrogens with one attached hydrogen (secondary N) is 1. The fourth-order valence-corrected chi connectivity index (χ4v) is 2.88. The molecule has 0 aromatic carbocycles. The highest BCUT2D eigenvalue weighted by Crippen LogP contribution is 2.51. The Hall–Kier alpha value is -1.92. The maximum Gasteiger partial charge on any atom is 0.240 e. The minimum atomic E-state index is -0.452. The van der Waals surface area contributed by atoms with Crippen molar-refractivity contribution in [2.24, 2.45) is 5.73 Å². The fourth-order valence-electron chi connectivity index (χ4n) is 2.88. The van der Waals surface area contributed by atoms with Crippen LogP contribution in [-0.4, -0.2) is 43.7 Å². The monoisotopic (exact) mass is 249 g/mol. The zero-order valence-corrected chi connectivity index (χ0v) is 9.93. The lowest BCUT2D eigenvalue weighted by molar-refractivity contribution is -0.139. The van der Waals surface area contributed by atoms with Gasteiger partial charge in [0.15, 0.2) is 0 Å². The number of nitrogens with zero attached hydrogens (tertiary/aromatic N) is 3. The summed E-state index contributed by atoms with van der Waals surface area (Å²) in [7, 11) is 0. The van der Waals surface area contributed by atoms with Gasteiger partial charge in [0.25, 0.3) is 0 Å². The number of nitrogens with two attached hydrogens (primary N) is 1. The van der Waals surface area contributed by atoms with Crippen molar-refractivity contribution < 1.29 is 9.59 Å². The molecule has 0 radical (unpaired) electrons. The molecular formula is C11H15N5O2. The average Bonchev–Trinajstić information content (AvgIpc) is 2.74. The molecule has 1 aromatic heterocycles. The number of primary amides is 1. The Labute approximate surface area is 104 Å². The van der Waals surface area contributed by atoms with Crippen LogP contribution in [0.5, 0.6) is 0 Å². The van der Waals surface area contributed by atoms with E-state index >= 15 is 0 Å². The average molecular weight is 249 g/mol. The molecule has 2 aliphatic rings. The van der Waals surface area contributed by atoms with Crippen molar-refractivity contribution in [1.82, 2.24) is 20.3 Å². The number of rotatable bonds is 3. The van der Waals surface area contributed by atoms with Gasteiger partial charge in [-0.05, 0) is 25.7 Å². The first kappa shape index (κ1) is 11.2. The highest BCUT2D eigenvalue weighted by atomic mass is 16.2. The molecular weight excluding hydrogens is 234 g/mol. The molecule has 1 saturated heterocycles. The van der Waals surface area contributed by atoms with Crippen LogP contribution in [-0.2, 0) is 16.0 Å². The van der Waals surface area contributed by atoms with Crippen molar-refractivity contribution in [3.63, 3.8) is 0 Å². The summed E-state index contributed by atoms with van der Waals surface area (Å²) in [5, 5.41) is 10.0. The van der Waals surface area contributed by atoms with Crippen LogP contribution < -0.4 is 5.73 Å². The van der Waals surface area contributed by atoms with E-state index in [1.807, 2.05) is 0 Å². The summed E-state index contributed by atoms with van der Waals surface area (Å²) >= 11 is 0. The van der Waals surface area contributed by atoms with E-state index in [9.17, 15) is 9.59 Å². The van der Waals surface area contributed by atoms with Gasteiger partial charge in [-0.25, -0.2) is 0 Å². The minimum absolute atomic E-state index is 0.0808. The van der Waals surface area contributed by atoms with Crippen molar-refractivity contribution in [2.45, 2.75) is 43.7 Å². The second-order valence-electron chi connectivity index (χ2n) is 5.08. The molecule has 7 heteroatoms. The zero-order valence-electron chi connectivity index (χ0n) is 9.93. The number of carbonyl (C=O) groups is 2. The van der Waals surface area contributed by atoms with Gasteiger partial charge in [0.2, 0.25) is 11.8 Å². The van der Waals surface area contributed by atoms with Crippen LogP contribution in [0.25, 0.3) is 0 Å². The van der Waals surface area contributed by atoms with E-state index in [-0.39, 0.29) is 17.9 Å². The van der Waals surface area contributed by atoms with E-state index in [0.717, 1.165) is 19.3 Å². The first-order valence-corrected chi connectivity index (χ1v) is 6.08. The third kappa shape index (κ3) is 1.66. The van der Waals surface area contributed by atoms with Gasteiger partial charge >= 0.3 is 0 Å². The summed E-state index contributed by atoms with van der Waals surface area (Å²) in [4.78, 5) is 25.4. The lowest BCUT2D eigenvalue weighted by Crippen LogP contribution is -2.49. The molecule has 3 rings (SSSR count). The molecule has 1 atom stereocenters. The Bertz CT molecular complexity index is 480. The first-order valence-electron chi connectivity index (χ1n) is 6.08. The lowest BCUT2D eigenvalue weighted by atomic mass is 10.2. The van der Waals surface area contributed by atoms with E-state index in [1.54, 1.807) is 4.90 Å². The van der Waals surface area contributed by atoms with Gasteiger partial charge in [-0.15, -0.1) is 0 Å². The van der Waals surface area contributed by atoms with Crippen molar-refractivity contribution in [3.8, 4) is 0 Å². The molecule has 2 fully saturated rings. The molecule has 2 heterocycles. The second kappa shape index (κ2) is 3.79. The maximum atomic E-state index is 12.3. The number of aromatic amines is 1. The molecule has 18 heavy (non-hydrogen) atoms. The van der Waals surface area contributed by atoms with Crippen LogP contribution in [0.4, 0.5) is 0 Å². The number of H-pyrrole nitrogens is 1. The third-order valence-electron chi connectivity index (χ3n) is 3.93. The molecule has 0 bridgehead atoms. The summed E-state index contributed by atoms with van der Waals surface area (Å²) in [6, 6.07) is -0.452. The van der Waals surface area contributed by atoms with Crippen molar-refractivity contribution in [1.29, 1.82) is 0 Å². The first-order chi connectivity index (χ1) is 8.62. The smallest absolute Gasteiger partial charge is 0.240 e. The van der Waals surface area contributed by atoms with E-state index in [4.69, 9.17) is 5.73 Å². The van der Waals surface area contributed by atoms with Crippen molar-refractivity contribution in [2.75, 3.05) is 0 Å². The number of amides is 2. The fraction of sp³-hybridized carbons (Fsp3) is 0.636. The third-order valence-corrected chi connectivity index (χ3v) is 3.93. The van der Waals surface area contributed by atoms with E-state index in [2.05, 4.69) is 15.4 Å². The molecule has 3 N–H and O–H groups in total. The van der Waals surface area contributed by atoms with Crippen molar-refractivity contribution >= 4 is 11.8 Å². The maximum absolute atomic E-state index is 12.3. The second-order valence-corrected chi connectivity index (χ2v) is 5.08. The number of aromatic nitrogens is 3. The summed E-state index contributed by atoms with van der Waals surface area (Å²) in [5.41, 5.74) is 5.87. The van der Waals surface area contributed by atoms with Gasteiger partial charge in [0, 0.05) is 5.54 Å². The summed E-state index contributed by atoms with van der Waals surface area (Å²) in [5.74, 6) is -0.491. The Balaban J connectivity index is 1.79. The van der Waals surface area contributed by atoms with Crippen LogP contribution in [0.3, 0.4) is 0 Å². The van der Waals surface area contributed by atoms with Gasteiger partial charge in [0.1, 0.15) is 6.04 Å². The molecule has 1 aliphatic heterocycles. The topological polar surface area (TPSA) is 105 Å². The highest BCUT2D eigenvalue weighted by molar-refractivity contribution is 5.89. The molecule has 2 amide bonds. The van der Waals surface area contributed by atoms with E-state index in [1.165, 1.54) is 6.20 Å². The summed E-state index contributed by atoms with van der Waals surface area (Å²) in [6.07, 6.45) is 5.20. The Morgan fingerprint density at radius 3 is 2.83 bits per heavy atom. The summed E-state index contributed by atoms with van der Waals surface area (Å²) in [6.45, 7) is 0. The predicted octanol–water partition coefficient (Wildman–Crippen LogP) is -0.644. The predicted molar refractivity (Wildman–Crippen MR) is 61.1 cm³/mol. The van der Waals surface area contributed by atoms with Crippen molar-refractivity contribution in [3.05, 3.63) is 11.9 Å². The SMILES string of the molecule is NC(=O)C1CCC2(CC2)N1C(=O)Cc1cn[nH]n1. The van der Waals surface area contributed by atoms with Crippen LogP contribution in [0, 0.1) is 0 Å². The molecule has 7 nitrogen and oxygen atoms in total. The van der Waals surface area contributed by atoms with Crippen LogP contribution in [0.1, 0.15) is 31.4 Å². The van der Waals surface area contributed by atoms with Gasteiger partial charge in [-0.2, -0.15) is 15.4 Å². The van der Waals surface area contributed by atoms with Gasteiger partial charge in [-0.1, -0.05) is 0 Å². The Morgan fingerprint density at radius 1 is 1.50 bits per heavy atom. The quantitative estimate of drug-likeness (QED) is 0.743. The number of carbonyl (C=O) groups excluding carboxylic acids is 2. The van der Waals surface area contributed by atoms with Gasteiger partial charge < -0.3 is 10.6 Å². The number of hydrogen-bond acceptors (Lipinski definition) is 4. The Kier molecular flexibility index (Phi) is 2.36. The standard InChI is InChI=1S/C11H15N5O2/c12-10(18)8-1-2-11(3-4-11)16(8)9(17)5-7-6-13-15-14-7/h6,8H,1-5H2,(H2,12,18)(H,13,14,15). The number of likely N-dealkylation sites (tertiary alicyclic amines) is 1. The summed E-state index contributed by atoms with van der Waals surface area (Å²) < 4.78 is 0. The highest BCUT2D eigenvalue weighted by Gasteiger charge is 2.57. The molecule has 1 aromatic rings. The Morgan fingerprint density at radius 2 is 2.28 bits per heavy atom. The molecule has 1 spiro atoms. The minimum Gasteiger partial charge on any atom is -0.368 e. The van der Waals surface area contributed by atoms with E-state index < -0.39 is 11.9 Å². The molecule has 1 unspecified atom stereocenters. The van der Waals surface area contributed by atoms with Crippen LogP contribution in [0.15, 0.2) is 6.20 Å². The normalized spacial score (nSPS) is 24.4. The molecule has 96 valence electrons. The zero-order chi connectivity index (χ0) is 12.8. The van der Waals surface area contributed by atoms with E-state index in [0.29, 0.717) is 12.1 Å². The lowest BCUT2D eigenvalue weighted by Gasteiger charge is -2.28. The molecule has 1 aliphatic carbocycles.